The van der Waals surface area contributed by atoms with Gasteiger partial charge in [-0.2, -0.15) is 0 Å². The Morgan fingerprint density at radius 2 is 0.763 bits per heavy atom. The minimum absolute atomic E-state index is 0. The average Bonchev–Trinajstić information content (AvgIpc) is 3.67. The molecule has 38 heavy (non-hydrogen) atoms. The van der Waals surface area contributed by atoms with Crippen LogP contribution in [0.4, 0.5) is 0 Å². The van der Waals surface area contributed by atoms with E-state index in [1.54, 1.807) is 13.3 Å². The summed E-state index contributed by atoms with van der Waals surface area (Å²) in [5, 5.41) is 0. The molecule has 0 aromatic heterocycles. The average molecular weight is 718 g/mol. The van der Waals surface area contributed by atoms with Gasteiger partial charge in [-0.1, -0.05) is 0 Å². The number of hydrogen-bond donors (Lipinski definition) is 0. The van der Waals surface area contributed by atoms with E-state index in [0.717, 1.165) is 12.8 Å². The number of rotatable bonds is 6. The number of benzene rings is 4. The molecule has 0 radical (unpaired) electrons. The van der Waals surface area contributed by atoms with Crippen LogP contribution in [0, 0.1) is 0 Å². The van der Waals surface area contributed by atoms with E-state index in [1.807, 2.05) is 0 Å². The fourth-order valence-corrected chi connectivity index (χ4v) is 36.2. The molecule has 4 heteroatoms. The zero-order valence-electron chi connectivity index (χ0n) is 21.3. The molecule has 0 unspecified atom stereocenters. The molecule has 0 atom stereocenters. The molecule has 4 aromatic carbocycles. The normalized spacial score (nSPS) is 14.9. The molecule has 190 valence electrons. The maximum absolute atomic E-state index is 4.34. The van der Waals surface area contributed by atoms with Gasteiger partial charge in [0.15, 0.2) is 0 Å². The van der Waals surface area contributed by atoms with Crippen LogP contribution >= 0.6 is 24.8 Å². The predicted molar refractivity (Wildman–Crippen MR) is 169 cm³/mol. The fourth-order valence-electron chi connectivity index (χ4n) is 6.21. The second kappa shape index (κ2) is 11.7. The van der Waals surface area contributed by atoms with Crippen LogP contribution in [-0.2, 0) is 17.1 Å². The van der Waals surface area contributed by atoms with Gasteiger partial charge in [-0.05, 0) is 0 Å². The van der Waals surface area contributed by atoms with Gasteiger partial charge in [-0.3, -0.25) is 0 Å². The van der Waals surface area contributed by atoms with Crippen LogP contribution in [0.2, 0.25) is 0 Å². The van der Waals surface area contributed by atoms with Gasteiger partial charge in [0.1, 0.15) is 0 Å². The summed E-state index contributed by atoms with van der Waals surface area (Å²) in [5.74, 6) is 0. The SMILES string of the molecule is Cl.Cl.[SiH2]=[Hf]([C]1=CC(c2ccccc2)=CC1)([C]1=CC(c2ccccc2)=CC1)([c]1ccccc1)[c]1ccccc1. The first kappa shape index (κ1) is 28.5. The van der Waals surface area contributed by atoms with Crippen molar-refractivity contribution < 1.29 is 17.1 Å². The van der Waals surface area contributed by atoms with Gasteiger partial charge in [-0.25, -0.2) is 0 Å². The summed E-state index contributed by atoms with van der Waals surface area (Å²) < 4.78 is 6.38. The monoisotopic (exact) mass is 718 g/mol. The Balaban J connectivity index is 0.00000168. The van der Waals surface area contributed by atoms with E-state index in [4.69, 9.17) is 0 Å². The van der Waals surface area contributed by atoms with Gasteiger partial charge in [0.2, 0.25) is 0 Å². The van der Waals surface area contributed by atoms with Gasteiger partial charge in [0.05, 0.1) is 0 Å². The molecule has 6 rings (SSSR count). The molecule has 0 bridgehead atoms. The van der Waals surface area contributed by atoms with Crippen molar-refractivity contribution in [1.29, 1.82) is 0 Å². The van der Waals surface area contributed by atoms with Crippen LogP contribution in [-0.4, -0.2) is 6.94 Å². The molecule has 0 N–H and O–H groups in total. The molecule has 2 aliphatic carbocycles. The van der Waals surface area contributed by atoms with Crippen molar-refractivity contribution in [3.05, 3.63) is 163 Å². The zero-order valence-corrected chi connectivity index (χ0v) is 27.9. The van der Waals surface area contributed by atoms with Gasteiger partial charge in [-0.15, -0.1) is 24.8 Å². The Hall–Kier alpha value is -2.49. The number of hydrogen-bond acceptors (Lipinski definition) is 0. The van der Waals surface area contributed by atoms with Crippen LogP contribution < -0.4 is 6.64 Å². The summed E-state index contributed by atoms with van der Waals surface area (Å²) in [6, 6.07) is 44.7. The first-order valence-corrected chi connectivity index (χ1v) is 28.3. The molecule has 0 aliphatic heterocycles. The van der Waals surface area contributed by atoms with Crippen LogP contribution in [0.5, 0.6) is 0 Å². The zero-order chi connectivity index (χ0) is 24.5. The molecule has 2 aliphatic rings. The van der Waals surface area contributed by atoms with E-state index >= 15 is 0 Å². The van der Waals surface area contributed by atoms with Crippen molar-refractivity contribution in [3.63, 3.8) is 0 Å². The topological polar surface area (TPSA) is 0 Å². The van der Waals surface area contributed by atoms with Gasteiger partial charge in [0, 0.05) is 0 Å². The first-order chi connectivity index (χ1) is 17.7. The minimum atomic E-state index is -4.34. The Morgan fingerprint density at radius 1 is 0.447 bits per heavy atom. The second-order valence-electron chi connectivity index (χ2n) is 9.99. The third-order valence-corrected chi connectivity index (χ3v) is 46.6. The molecule has 0 heterocycles. The van der Waals surface area contributed by atoms with Crippen molar-refractivity contribution in [2.24, 2.45) is 0 Å². The Morgan fingerprint density at radius 3 is 1.11 bits per heavy atom. The van der Waals surface area contributed by atoms with E-state index in [9.17, 15) is 0 Å². The van der Waals surface area contributed by atoms with Crippen molar-refractivity contribution in [3.8, 4) is 0 Å². The van der Waals surface area contributed by atoms with Gasteiger partial charge >= 0.3 is 218 Å². The fraction of sp³-hybridized carbons (Fsp3) is 0.0588. The summed E-state index contributed by atoms with van der Waals surface area (Å²) >= 11 is -4.34. The van der Waals surface area contributed by atoms with Crippen molar-refractivity contribution in [1.82, 2.24) is 0 Å². The van der Waals surface area contributed by atoms with E-state index in [2.05, 4.69) is 153 Å². The molecule has 0 amide bonds. The second-order valence-corrected chi connectivity index (χ2v) is 40.8. The predicted octanol–water partition coefficient (Wildman–Crippen LogP) is 7.46. The first-order valence-electron chi connectivity index (χ1n) is 12.8. The summed E-state index contributed by atoms with van der Waals surface area (Å²) in [5.41, 5.74) is 5.35. The Labute approximate surface area is 241 Å². The number of halogens is 2. The Kier molecular flexibility index (Phi) is 8.79. The van der Waals surface area contributed by atoms with E-state index in [-0.39, 0.29) is 24.8 Å². The van der Waals surface area contributed by atoms with Crippen molar-refractivity contribution >= 4 is 49.5 Å². The summed E-state index contributed by atoms with van der Waals surface area (Å²) in [7, 11) is 0. The standard InChI is InChI=1S/2C11H9.2C6H5.2ClH.Hf.H2Si/c2*1-2-6-10(7-3-1)11-8-4-5-9-11;2*1-2-4-6-5-3-1;;;;/h2*1-3,6-9H,4H2;2*1-5H;2*1H;;1H2. The molecular formula is C34H32Cl2HfSi. The van der Waals surface area contributed by atoms with Crippen LogP contribution in [0.25, 0.3) is 11.1 Å². The summed E-state index contributed by atoms with van der Waals surface area (Å²) in [6.45, 7) is 2.37. The Bertz CT molecular complexity index is 1480. The molecule has 0 nitrogen and oxygen atoms in total. The van der Waals surface area contributed by atoms with Crippen LogP contribution in [0.1, 0.15) is 24.0 Å². The third kappa shape index (κ3) is 4.62. The molecular weight excluding hydrogens is 686 g/mol. The van der Waals surface area contributed by atoms with Crippen LogP contribution in [0.3, 0.4) is 0 Å². The molecule has 4 aromatic rings. The third-order valence-electron chi connectivity index (χ3n) is 8.20. The summed E-state index contributed by atoms with van der Waals surface area (Å²) in [4.78, 5) is 0. The maximum atomic E-state index is 2.55. The molecule has 0 fully saturated rings. The quantitative estimate of drug-likeness (QED) is 0.182. The van der Waals surface area contributed by atoms with E-state index < -0.39 is 17.1 Å². The van der Waals surface area contributed by atoms with E-state index in [0.29, 0.717) is 0 Å². The van der Waals surface area contributed by atoms with Crippen molar-refractivity contribution in [2.45, 2.75) is 12.8 Å². The van der Waals surface area contributed by atoms with Crippen molar-refractivity contribution in [2.75, 3.05) is 0 Å². The van der Waals surface area contributed by atoms with Gasteiger partial charge < -0.3 is 0 Å². The molecule has 0 saturated heterocycles. The molecule has 0 saturated carbocycles. The van der Waals surface area contributed by atoms with Crippen LogP contribution in [0.15, 0.2) is 152 Å². The van der Waals surface area contributed by atoms with E-state index in [1.165, 1.54) is 22.3 Å². The summed E-state index contributed by atoms with van der Waals surface area (Å²) in [6.07, 6.45) is 12.1. The number of allylic oxidation sites excluding steroid dienone is 8. The molecule has 0 spiro atoms. The van der Waals surface area contributed by atoms with Gasteiger partial charge in [0.25, 0.3) is 0 Å².